The van der Waals surface area contributed by atoms with E-state index < -0.39 is 23.5 Å². The van der Waals surface area contributed by atoms with E-state index in [1.54, 1.807) is 9.80 Å². The van der Waals surface area contributed by atoms with Crippen LogP contribution in [0.25, 0.3) is 0 Å². The van der Waals surface area contributed by atoms with Crippen LogP contribution in [-0.2, 0) is 10.9 Å². The van der Waals surface area contributed by atoms with Crippen LogP contribution >= 0.6 is 0 Å². The molecule has 3 saturated heterocycles. The summed E-state index contributed by atoms with van der Waals surface area (Å²) < 4.78 is 73.2. The molecule has 4 aliphatic rings. The van der Waals surface area contributed by atoms with Crippen molar-refractivity contribution >= 4 is 12.0 Å². The topological polar surface area (TPSA) is 78.9 Å². The van der Waals surface area contributed by atoms with Crippen LogP contribution in [-0.4, -0.2) is 93.0 Å². The van der Waals surface area contributed by atoms with Gasteiger partial charge in [-0.15, -0.1) is 0 Å². The van der Waals surface area contributed by atoms with Gasteiger partial charge in [-0.3, -0.25) is 9.69 Å². The number of aromatic nitrogens is 2. The van der Waals surface area contributed by atoms with Gasteiger partial charge in [0.05, 0.1) is 17.0 Å². The minimum Gasteiger partial charge on any atom is -0.442 e. The lowest BCUT2D eigenvalue weighted by Crippen LogP contribution is -2.64. The van der Waals surface area contributed by atoms with Gasteiger partial charge in [-0.05, 0) is 58.8 Å². The van der Waals surface area contributed by atoms with E-state index in [1.807, 2.05) is 0 Å². The molecule has 1 unspecified atom stereocenters. The van der Waals surface area contributed by atoms with E-state index in [-0.39, 0.29) is 59.2 Å². The maximum absolute atomic E-state index is 13.7. The first-order chi connectivity index (χ1) is 21.6. The summed E-state index contributed by atoms with van der Waals surface area (Å²) in [6, 6.07) is 0. The van der Waals surface area contributed by atoms with Crippen molar-refractivity contribution in [2.24, 2.45) is 11.8 Å². The number of carbonyl (C=O) groups excluding carboxylic acids is 2. The Morgan fingerprint density at radius 1 is 0.957 bits per heavy atom. The molecule has 258 valence electrons. The lowest BCUT2D eigenvalue weighted by Gasteiger charge is -2.55. The minimum absolute atomic E-state index is 0.0259. The SMILES string of the molecule is CCCCC1CN(CC2CCC(F)(F)CC2)C(=O)OC12CCN(C1(C)CCN(C(=O)c3c(C)nc(C(F)(F)F)nc3C)CC1)CC2. The molecule has 0 N–H and O–H groups in total. The van der Waals surface area contributed by atoms with Crippen molar-refractivity contribution in [2.45, 2.75) is 122 Å². The van der Waals surface area contributed by atoms with Crippen LogP contribution in [0.15, 0.2) is 0 Å². The van der Waals surface area contributed by atoms with E-state index in [0.717, 1.165) is 45.2 Å². The molecular weight excluding hydrogens is 609 g/mol. The van der Waals surface area contributed by atoms with Gasteiger partial charge in [0.25, 0.3) is 5.91 Å². The summed E-state index contributed by atoms with van der Waals surface area (Å²) in [7, 11) is 0. The molecule has 1 saturated carbocycles. The molecule has 1 aliphatic carbocycles. The number of hydrogen-bond acceptors (Lipinski definition) is 6. The van der Waals surface area contributed by atoms with Gasteiger partial charge in [0.15, 0.2) is 0 Å². The molecule has 1 aromatic rings. The first kappa shape index (κ1) is 34.8. The number of halogens is 5. The number of ether oxygens (including phenoxy) is 1. The number of rotatable bonds is 7. The van der Waals surface area contributed by atoms with Gasteiger partial charge in [-0.2, -0.15) is 13.2 Å². The number of carbonyl (C=O) groups is 2. The second-order valence-electron chi connectivity index (χ2n) is 14.3. The summed E-state index contributed by atoms with van der Waals surface area (Å²) >= 11 is 0. The molecular formula is C33H48F5N5O3. The van der Waals surface area contributed by atoms with Crippen molar-refractivity contribution in [1.82, 2.24) is 24.7 Å². The monoisotopic (exact) mass is 657 g/mol. The third-order valence-corrected chi connectivity index (χ3v) is 11.2. The van der Waals surface area contributed by atoms with E-state index in [0.29, 0.717) is 51.9 Å². The number of nitrogens with zero attached hydrogens (tertiary/aromatic N) is 5. The van der Waals surface area contributed by atoms with E-state index in [4.69, 9.17) is 4.74 Å². The van der Waals surface area contributed by atoms with Crippen LogP contribution in [0.2, 0.25) is 0 Å². The number of unbranched alkanes of at least 4 members (excludes halogenated alkanes) is 1. The summed E-state index contributed by atoms with van der Waals surface area (Å²) in [6.07, 6.45) is 1.48. The predicted molar refractivity (Wildman–Crippen MR) is 162 cm³/mol. The smallest absolute Gasteiger partial charge is 0.442 e. The fraction of sp³-hybridized carbons (Fsp3) is 0.818. The molecule has 1 aromatic heterocycles. The molecule has 4 fully saturated rings. The molecule has 13 heteroatoms. The van der Waals surface area contributed by atoms with E-state index in [1.165, 1.54) is 13.8 Å². The number of amides is 2. The molecule has 5 rings (SSSR count). The first-order valence-electron chi connectivity index (χ1n) is 16.9. The normalized spacial score (nSPS) is 25.5. The van der Waals surface area contributed by atoms with Gasteiger partial charge in [0.2, 0.25) is 11.7 Å². The lowest BCUT2D eigenvalue weighted by atomic mass is 9.74. The summed E-state index contributed by atoms with van der Waals surface area (Å²) in [5, 5.41) is 0. The van der Waals surface area contributed by atoms with E-state index in [9.17, 15) is 31.5 Å². The van der Waals surface area contributed by atoms with Crippen LogP contribution in [0.1, 0.15) is 112 Å². The van der Waals surface area contributed by atoms with Crippen LogP contribution in [0, 0.1) is 25.7 Å². The number of aryl methyl sites for hydroxylation is 2. The Morgan fingerprint density at radius 2 is 1.54 bits per heavy atom. The Balaban J connectivity index is 1.19. The van der Waals surface area contributed by atoms with Gasteiger partial charge in [-0.25, -0.2) is 23.5 Å². The summed E-state index contributed by atoms with van der Waals surface area (Å²) in [6.45, 7) is 10.7. The largest absolute Gasteiger partial charge is 0.451 e. The van der Waals surface area contributed by atoms with Crippen molar-refractivity contribution in [2.75, 3.05) is 39.3 Å². The van der Waals surface area contributed by atoms with Crippen LogP contribution in [0.4, 0.5) is 26.7 Å². The molecule has 8 nitrogen and oxygen atoms in total. The van der Waals surface area contributed by atoms with Crippen LogP contribution in [0.3, 0.4) is 0 Å². The highest BCUT2D eigenvalue weighted by Crippen LogP contribution is 2.44. The molecule has 46 heavy (non-hydrogen) atoms. The van der Waals surface area contributed by atoms with Gasteiger partial charge in [0.1, 0.15) is 5.60 Å². The highest BCUT2D eigenvalue weighted by atomic mass is 19.4. The van der Waals surface area contributed by atoms with Crippen molar-refractivity contribution < 1.29 is 36.3 Å². The van der Waals surface area contributed by atoms with Crippen molar-refractivity contribution in [3.05, 3.63) is 22.8 Å². The molecule has 3 aliphatic heterocycles. The van der Waals surface area contributed by atoms with Gasteiger partial charge < -0.3 is 14.5 Å². The number of alkyl halides is 5. The van der Waals surface area contributed by atoms with Crippen LogP contribution in [0.5, 0.6) is 0 Å². The zero-order valence-corrected chi connectivity index (χ0v) is 27.5. The van der Waals surface area contributed by atoms with Crippen molar-refractivity contribution in [3.63, 3.8) is 0 Å². The Morgan fingerprint density at radius 3 is 2.09 bits per heavy atom. The predicted octanol–water partition coefficient (Wildman–Crippen LogP) is 7.03. The second kappa shape index (κ2) is 13.1. The average Bonchev–Trinajstić information content (AvgIpc) is 2.98. The Kier molecular flexibility index (Phi) is 9.93. The first-order valence-corrected chi connectivity index (χ1v) is 16.9. The van der Waals surface area contributed by atoms with Crippen LogP contribution < -0.4 is 0 Å². The maximum Gasteiger partial charge on any atom is 0.451 e. The third-order valence-electron chi connectivity index (χ3n) is 11.2. The lowest BCUT2D eigenvalue weighted by molar-refractivity contribution is -0.145. The number of piperidine rings is 2. The zero-order chi connectivity index (χ0) is 33.5. The fourth-order valence-electron chi connectivity index (χ4n) is 8.13. The Hall–Kier alpha value is -2.57. The molecule has 4 heterocycles. The number of hydrogen-bond donors (Lipinski definition) is 0. The summed E-state index contributed by atoms with van der Waals surface area (Å²) in [5.74, 6) is -3.92. The summed E-state index contributed by atoms with van der Waals surface area (Å²) in [5.41, 5.74) is -0.532. The highest BCUT2D eigenvalue weighted by Gasteiger charge is 2.52. The molecule has 1 atom stereocenters. The van der Waals surface area contributed by atoms with Crippen molar-refractivity contribution in [3.8, 4) is 0 Å². The minimum atomic E-state index is -4.68. The third kappa shape index (κ3) is 7.28. The zero-order valence-electron chi connectivity index (χ0n) is 27.5. The molecule has 0 bridgehead atoms. The molecule has 2 amide bonds. The second-order valence-corrected chi connectivity index (χ2v) is 14.3. The van der Waals surface area contributed by atoms with Gasteiger partial charge >= 0.3 is 12.3 Å². The highest BCUT2D eigenvalue weighted by molar-refractivity contribution is 5.96. The van der Waals surface area contributed by atoms with E-state index >= 15 is 0 Å². The van der Waals surface area contributed by atoms with Crippen molar-refractivity contribution in [1.29, 1.82) is 0 Å². The molecule has 0 aromatic carbocycles. The summed E-state index contributed by atoms with van der Waals surface area (Å²) in [4.78, 5) is 39.7. The molecule has 1 spiro atoms. The van der Waals surface area contributed by atoms with E-state index in [2.05, 4.69) is 28.7 Å². The Labute approximate surface area is 268 Å². The fourth-order valence-corrected chi connectivity index (χ4v) is 8.13. The maximum atomic E-state index is 13.7. The van der Waals surface area contributed by atoms with Gasteiger partial charge in [0, 0.05) is 76.4 Å². The van der Waals surface area contributed by atoms with Gasteiger partial charge in [-0.1, -0.05) is 19.8 Å². The molecule has 0 radical (unpaired) electrons. The standard InChI is InChI=1S/C33H48F5N5O3/c1-5-6-7-25-21-42(20-24-8-10-32(34,35)11-9-24)29(45)46-31(25)14-18-43(19-15-31)30(4)12-16-41(17-13-30)27(44)26-22(2)39-28(33(36,37)38)40-23(26)3/h24-25H,5-21H2,1-4H3. The average molecular weight is 658 g/mol. The quantitative estimate of drug-likeness (QED) is 0.293. The number of likely N-dealkylation sites (tertiary alicyclic amines) is 2. The Bertz CT molecular complexity index is 1240.